The van der Waals surface area contributed by atoms with Crippen molar-refractivity contribution < 1.29 is 4.39 Å². The summed E-state index contributed by atoms with van der Waals surface area (Å²) in [6.07, 6.45) is 3.08. The Labute approximate surface area is 181 Å². The molecule has 2 aromatic carbocycles. The maximum atomic E-state index is 13.3. The molecule has 0 N–H and O–H groups in total. The predicted molar refractivity (Wildman–Crippen MR) is 117 cm³/mol. The normalized spacial score (nSPS) is 16.4. The van der Waals surface area contributed by atoms with Crippen LogP contribution in [-0.4, -0.2) is 38.2 Å². The third-order valence-corrected chi connectivity index (χ3v) is 5.63. The van der Waals surface area contributed by atoms with Gasteiger partial charge < -0.3 is 0 Å². The summed E-state index contributed by atoms with van der Waals surface area (Å²) in [6.45, 7) is 7.86. The van der Waals surface area contributed by atoms with Crippen LogP contribution in [0.4, 0.5) is 4.39 Å². The molecule has 0 spiro atoms. The molecule has 1 aromatic heterocycles. The maximum absolute atomic E-state index is 13.3. The summed E-state index contributed by atoms with van der Waals surface area (Å²) in [6, 6.07) is 14.5. The second kappa shape index (κ2) is 8.28. The molecule has 5 nitrogen and oxygen atoms in total. The first-order valence-corrected chi connectivity index (χ1v) is 10.4. The lowest BCUT2D eigenvalue weighted by atomic mass is 9.96. The van der Waals surface area contributed by atoms with Crippen LogP contribution in [-0.2, 0) is 5.54 Å². The van der Waals surface area contributed by atoms with E-state index >= 15 is 0 Å². The first-order chi connectivity index (χ1) is 14.3. The summed E-state index contributed by atoms with van der Waals surface area (Å²) in [5, 5.41) is 13.4. The van der Waals surface area contributed by atoms with Gasteiger partial charge in [-0.2, -0.15) is 0 Å². The zero-order chi connectivity index (χ0) is 21.3. The molecule has 0 amide bonds. The lowest BCUT2D eigenvalue weighted by molar-refractivity contribution is 0.220. The number of nitrogens with zero attached hydrogens (tertiary/aromatic N) is 5. The molecule has 7 heteroatoms. The molecule has 1 aliphatic rings. The first-order valence-electron chi connectivity index (χ1n) is 10.1. The van der Waals surface area contributed by atoms with Gasteiger partial charge in [-0.05, 0) is 78.6 Å². The van der Waals surface area contributed by atoms with Crippen molar-refractivity contribution in [3.63, 3.8) is 0 Å². The minimum absolute atomic E-state index is 0.0949. The van der Waals surface area contributed by atoms with Gasteiger partial charge in [-0.3, -0.25) is 4.90 Å². The lowest BCUT2D eigenvalue weighted by Gasteiger charge is -2.35. The highest BCUT2D eigenvalue weighted by Gasteiger charge is 2.32. The average Bonchev–Trinajstić information content (AvgIpc) is 3.21. The highest BCUT2D eigenvalue weighted by molar-refractivity contribution is 6.30. The van der Waals surface area contributed by atoms with E-state index in [1.807, 2.05) is 41.1 Å². The minimum Gasteiger partial charge on any atom is -0.286 e. The van der Waals surface area contributed by atoms with Crippen molar-refractivity contribution >= 4 is 17.2 Å². The van der Waals surface area contributed by atoms with Gasteiger partial charge in [-0.25, -0.2) is 9.07 Å². The number of halogens is 2. The van der Waals surface area contributed by atoms with Gasteiger partial charge in [0.15, 0.2) is 5.82 Å². The molecular weight excluding hydrogens is 401 g/mol. The fourth-order valence-corrected chi connectivity index (χ4v) is 3.98. The van der Waals surface area contributed by atoms with Crippen molar-refractivity contribution in [1.29, 1.82) is 0 Å². The fourth-order valence-electron chi connectivity index (χ4n) is 3.86. The summed E-state index contributed by atoms with van der Waals surface area (Å²) in [4.78, 5) is 2.37. The number of benzene rings is 2. The molecule has 3 aromatic rings. The Bertz CT molecular complexity index is 1030. The Morgan fingerprint density at radius 3 is 2.33 bits per heavy atom. The third-order valence-electron chi connectivity index (χ3n) is 5.38. The predicted octanol–water partition coefficient (Wildman–Crippen LogP) is 5.10. The number of tetrazole rings is 1. The fraction of sp³-hybridized carbons (Fsp3) is 0.348. The molecule has 30 heavy (non-hydrogen) atoms. The van der Waals surface area contributed by atoms with Gasteiger partial charge in [0.1, 0.15) is 5.82 Å². The Hall–Kier alpha value is -2.57. The molecule has 4 rings (SSSR count). The molecule has 156 valence electrons. The number of hydrogen-bond donors (Lipinski definition) is 0. The van der Waals surface area contributed by atoms with Crippen molar-refractivity contribution in [3.8, 4) is 0 Å². The first kappa shape index (κ1) is 20.7. The van der Waals surface area contributed by atoms with E-state index in [9.17, 15) is 4.39 Å². The van der Waals surface area contributed by atoms with Crippen molar-refractivity contribution in [2.45, 2.75) is 38.8 Å². The Morgan fingerprint density at radius 2 is 1.73 bits per heavy atom. The summed E-state index contributed by atoms with van der Waals surface area (Å²) in [5.74, 6) is 0.594. The van der Waals surface area contributed by atoms with E-state index in [-0.39, 0.29) is 17.4 Å². The Morgan fingerprint density at radius 1 is 1.03 bits per heavy atom. The van der Waals surface area contributed by atoms with Crippen LogP contribution in [0.5, 0.6) is 0 Å². The SMILES string of the molecule is CC(C)(C)n1nnnc1[C@H](c1ccc(Cl)cc1)N1CC=C(c2ccc(F)cc2)CC1. The van der Waals surface area contributed by atoms with Crippen molar-refractivity contribution in [3.05, 3.63) is 82.4 Å². The topological polar surface area (TPSA) is 46.8 Å². The average molecular weight is 426 g/mol. The third kappa shape index (κ3) is 4.30. The van der Waals surface area contributed by atoms with E-state index in [1.54, 1.807) is 0 Å². The maximum Gasteiger partial charge on any atom is 0.173 e. The molecule has 0 bridgehead atoms. The molecule has 1 atom stereocenters. The molecular formula is C23H25ClFN5. The molecule has 0 unspecified atom stereocenters. The Balaban J connectivity index is 1.68. The van der Waals surface area contributed by atoms with E-state index in [0.29, 0.717) is 5.02 Å². The van der Waals surface area contributed by atoms with Crippen LogP contribution < -0.4 is 0 Å². The number of rotatable bonds is 4. The zero-order valence-electron chi connectivity index (χ0n) is 17.4. The molecule has 0 aliphatic carbocycles. The van der Waals surface area contributed by atoms with Crippen LogP contribution in [0.3, 0.4) is 0 Å². The van der Waals surface area contributed by atoms with Crippen LogP contribution in [0, 0.1) is 5.82 Å². The highest BCUT2D eigenvalue weighted by atomic mass is 35.5. The number of hydrogen-bond acceptors (Lipinski definition) is 4. The van der Waals surface area contributed by atoms with E-state index in [0.717, 1.165) is 36.5 Å². The van der Waals surface area contributed by atoms with Gasteiger partial charge in [0.05, 0.1) is 11.6 Å². The molecule has 0 fully saturated rings. The second-order valence-electron chi connectivity index (χ2n) is 8.55. The smallest absolute Gasteiger partial charge is 0.173 e. The van der Waals surface area contributed by atoms with Crippen LogP contribution >= 0.6 is 11.6 Å². The van der Waals surface area contributed by atoms with E-state index in [4.69, 9.17) is 11.6 Å². The van der Waals surface area contributed by atoms with Gasteiger partial charge in [-0.1, -0.05) is 41.9 Å². The molecule has 1 aliphatic heterocycles. The summed E-state index contributed by atoms with van der Waals surface area (Å²) in [7, 11) is 0. The van der Waals surface area contributed by atoms with Crippen molar-refractivity contribution in [2.24, 2.45) is 0 Å². The van der Waals surface area contributed by atoms with E-state index < -0.39 is 0 Å². The summed E-state index contributed by atoms with van der Waals surface area (Å²) >= 11 is 6.13. The second-order valence-corrected chi connectivity index (χ2v) is 8.99. The van der Waals surface area contributed by atoms with Crippen LogP contribution in [0.2, 0.25) is 5.02 Å². The van der Waals surface area contributed by atoms with Gasteiger partial charge >= 0.3 is 0 Å². The monoisotopic (exact) mass is 425 g/mol. The zero-order valence-corrected chi connectivity index (χ0v) is 18.1. The molecule has 0 saturated carbocycles. The van der Waals surface area contributed by atoms with Crippen LogP contribution in [0.25, 0.3) is 5.57 Å². The quantitative estimate of drug-likeness (QED) is 0.583. The van der Waals surface area contributed by atoms with Gasteiger partial charge in [-0.15, -0.1) is 5.10 Å². The van der Waals surface area contributed by atoms with Crippen LogP contribution in [0.1, 0.15) is 50.2 Å². The van der Waals surface area contributed by atoms with Crippen molar-refractivity contribution in [1.82, 2.24) is 25.1 Å². The van der Waals surface area contributed by atoms with Gasteiger partial charge in [0, 0.05) is 18.1 Å². The van der Waals surface area contributed by atoms with E-state index in [2.05, 4.69) is 47.3 Å². The summed E-state index contributed by atoms with van der Waals surface area (Å²) in [5.41, 5.74) is 3.16. The Kier molecular flexibility index (Phi) is 5.71. The van der Waals surface area contributed by atoms with Gasteiger partial charge in [0.25, 0.3) is 0 Å². The highest BCUT2D eigenvalue weighted by Crippen LogP contribution is 2.33. The van der Waals surface area contributed by atoms with Crippen LogP contribution in [0.15, 0.2) is 54.6 Å². The minimum atomic E-state index is -0.242. The standard InChI is InChI=1S/C23H25ClFN5/c1-23(2,3)30-22(26-27-28-30)21(18-4-8-19(24)9-5-18)29-14-12-17(13-15-29)16-6-10-20(25)11-7-16/h4-12,21H,13-15H2,1-3H3/t21-/m0/s1. The summed E-state index contributed by atoms with van der Waals surface area (Å²) < 4.78 is 15.2. The largest absolute Gasteiger partial charge is 0.286 e. The lowest BCUT2D eigenvalue weighted by Crippen LogP contribution is -2.37. The van der Waals surface area contributed by atoms with E-state index in [1.165, 1.54) is 17.7 Å². The molecule has 0 saturated heterocycles. The number of aromatic nitrogens is 4. The van der Waals surface area contributed by atoms with Crippen molar-refractivity contribution in [2.75, 3.05) is 13.1 Å². The molecule has 0 radical (unpaired) electrons. The molecule has 2 heterocycles. The van der Waals surface area contributed by atoms with Gasteiger partial charge in [0.2, 0.25) is 0 Å².